The summed E-state index contributed by atoms with van der Waals surface area (Å²) in [5, 5.41) is 0. The van der Waals surface area contributed by atoms with Gasteiger partial charge in [0.05, 0.1) is 29.6 Å². The van der Waals surface area contributed by atoms with Crippen LogP contribution in [0.3, 0.4) is 0 Å². The highest BCUT2D eigenvalue weighted by Crippen LogP contribution is 2.27. The summed E-state index contributed by atoms with van der Waals surface area (Å²) in [6, 6.07) is 15.8. The molecule has 1 heterocycles. The van der Waals surface area contributed by atoms with E-state index in [9.17, 15) is 21.6 Å². The van der Waals surface area contributed by atoms with Crippen LogP contribution < -0.4 is 18.9 Å². The summed E-state index contributed by atoms with van der Waals surface area (Å²) in [7, 11) is -5.05. The first-order valence-corrected chi connectivity index (χ1v) is 14.9. The first-order chi connectivity index (χ1) is 18.1. The normalized spacial score (nSPS) is 14.0. The van der Waals surface area contributed by atoms with E-state index in [2.05, 4.69) is 9.44 Å². The van der Waals surface area contributed by atoms with Crippen LogP contribution in [0.15, 0.2) is 76.5 Å². The summed E-state index contributed by atoms with van der Waals surface area (Å²) in [5.41, 5.74) is 0.682. The molecular formula is C26H29N3O7S2. The van der Waals surface area contributed by atoms with Crippen LogP contribution in [0.5, 0.6) is 11.5 Å². The molecule has 202 valence electrons. The number of methoxy groups -OCH3 is 2. The molecule has 0 aliphatic carbocycles. The second kappa shape index (κ2) is 11.3. The maximum Gasteiger partial charge on any atom is 0.261 e. The first kappa shape index (κ1) is 27.3. The lowest BCUT2D eigenvalue weighted by Crippen LogP contribution is -2.35. The highest BCUT2D eigenvalue weighted by atomic mass is 32.2. The summed E-state index contributed by atoms with van der Waals surface area (Å²) >= 11 is 0. The van der Waals surface area contributed by atoms with E-state index in [4.69, 9.17) is 9.47 Å². The van der Waals surface area contributed by atoms with Crippen molar-refractivity contribution in [1.82, 2.24) is 4.90 Å². The zero-order valence-electron chi connectivity index (χ0n) is 21.0. The predicted molar refractivity (Wildman–Crippen MR) is 144 cm³/mol. The van der Waals surface area contributed by atoms with Gasteiger partial charge in [-0.1, -0.05) is 0 Å². The summed E-state index contributed by atoms with van der Waals surface area (Å²) in [4.78, 5) is 14.6. The molecule has 0 spiro atoms. The van der Waals surface area contributed by atoms with Crippen LogP contribution in [-0.4, -0.2) is 55.0 Å². The zero-order valence-corrected chi connectivity index (χ0v) is 22.6. The Morgan fingerprint density at radius 2 is 1.24 bits per heavy atom. The minimum absolute atomic E-state index is 0.0462. The van der Waals surface area contributed by atoms with Gasteiger partial charge in [-0.2, -0.15) is 0 Å². The van der Waals surface area contributed by atoms with Crippen LogP contribution in [0.25, 0.3) is 0 Å². The number of nitrogens with one attached hydrogen (secondary N) is 2. The van der Waals surface area contributed by atoms with E-state index in [0.717, 1.165) is 19.3 Å². The Balaban J connectivity index is 1.51. The molecule has 2 N–H and O–H groups in total. The largest absolute Gasteiger partial charge is 0.497 e. The van der Waals surface area contributed by atoms with Crippen molar-refractivity contribution in [2.24, 2.45) is 0 Å². The molecule has 0 aromatic heterocycles. The number of amides is 1. The molecule has 1 aliphatic rings. The van der Waals surface area contributed by atoms with Gasteiger partial charge >= 0.3 is 0 Å². The van der Waals surface area contributed by atoms with Crippen molar-refractivity contribution in [2.45, 2.75) is 29.1 Å². The van der Waals surface area contributed by atoms with E-state index < -0.39 is 20.0 Å². The molecule has 3 aromatic rings. The maximum atomic E-state index is 13.1. The third-order valence-corrected chi connectivity index (χ3v) is 8.89. The zero-order chi connectivity index (χ0) is 27.3. The summed E-state index contributed by atoms with van der Waals surface area (Å²) < 4.78 is 67.0. The number of rotatable bonds is 9. The van der Waals surface area contributed by atoms with Gasteiger partial charge in [0.15, 0.2) is 0 Å². The average Bonchev–Trinajstić information content (AvgIpc) is 2.93. The molecule has 0 radical (unpaired) electrons. The molecule has 1 saturated heterocycles. The highest BCUT2D eigenvalue weighted by molar-refractivity contribution is 7.93. The number of sulfonamides is 2. The lowest BCUT2D eigenvalue weighted by Gasteiger charge is -2.27. The second-order valence-electron chi connectivity index (χ2n) is 8.68. The Hall–Kier alpha value is -3.77. The Morgan fingerprint density at radius 1 is 0.711 bits per heavy atom. The van der Waals surface area contributed by atoms with E-state index in [0.29, 0.717) is 30.3 Å². The van der Waals surface area contributed by atoms with E-state index >= 15 is 0 Å². The van der Waals surface area contributed by atoms with Crippen LogP contribution in [-0.2, 0) is 20.0 Å². The molecule has 1 aliphatic heterocycles. The molecule has 0 bridgehead atoms. The van der Waals surface area contributed by atoms with Gasteiger partial charge in [0.2, 0.25) is 0 Å². The van der Waals surface area contributed by atoms with Gasteiger partial charge in [0, 0.05) is 24.5 Å². The van der Waals surface area contributed by atoms with E-state index in [-0.39, 0.29) is 26.9 Å². The maximum absolute atomic E-state index is 13.1. The van der Waals surface area contributed by atoms with Gasteiger partial charge in [-0.05, 0) is 86.0 Å². The number of nitrogens with zero attached hydrogens (tertiary/aromatic N) is 1. The minimum atomic E-state index is -4.08. The standard InChI is InChI=1S/C26H29N3O7S2/c1-35-21-10-6-19(7-11-21)27-37(31,32)22-12-8-20(9-13-22)28-38(33,34)23-14-15-25(36-2)24(18-23)26(30)29-16-4-3-5-17-29/h6-15,18,27-28H,3-5,16-17H2,1-2H3. The molecule has 0 atom stereocenters. The van der Waals surface area contributed by atoms with Crippen LogP contribution >= 0.6 is 0 Å². The fourth-order valence-corrected chi connectivity index (χ4v) is 6.22. The Labute approximate surface area is 222 Å². The number of hydrogen-bond donors (Lipinski definition) is 2. The number of likely N-dealkylation sites (tertiary alicyclic amines) is 1. The molecule has 4 rings (SSSR count). The molecule has 3 aromatic carbocycles. The van der Waals surface area contributed by atoms with Gasteiger partial charge in [-0.15, -0.1) is 0 Å². The SMILES string of the molecule is COc1ccc(NS(=O)(=O)c2ccc(NS(=O)(=O)c3ccc(OC)c(C(=O)N4CCCCC4)c3)cc2)cc1. The molecule has 1 fully saturated rings. The van der Waals surface area contributed by atoms with Gasteiger partial charge in [0.25, 0.3) is 26.0 Å². The van der Waals surface area contributed by atoms with Crippen molar-refractivity contribution < 1.29 is 31.1 Å². The van der Waals surface area contributed by atoms with Crippen LogP contribution in [0.1, 0.15) is 29.6 Å². The molecule has 0 unspecified atom stereocenters. The Morgan fingerprint density at radius 3 is 1.79 bits per heavy atom. The number of carbonyl (C=O) groups is 1. The number of ether oxygens (including phenoxy) is 2. The molecule has 0 saturated carbocycles. The smallest absolute Gasteiger partial charge is 0.261 e. The van der Waals surface area contributed by atoms with E-state index in [1.54, 1.807) is 29.2 Å². The second-order valence-corrected chi connectivity index (χ2v) is 12.0. The van der Waals surface area contributed by atoms with Crippen molar-refractivity contribution in [3.05, 3.63) is 72.3 Å². The van der Waals surface area contributed by atoms with Crippen molar-refractivity contribution in [3.63, 3.8) is 0 Å². The molecule has 10 nitrogen and oxygen atoms in total. The fraction of sp³-hybridized carbons (Fsp3) is 0.269. The van der Waals surface area contributed by atoms with Crippen LogP contribution in [0.4, 0.5) is 11.4 Å². The molecule has 1 amide bonds. The predicted octanol–water partition coefficient (Wildman–Crippen LogP) is 3.93. The van der Waals surface area contributed by atoms with Gasteiger partial charge < -0.3 is 14.4 Å². The fourth-order valence-electron chi connectivity index (χ4n) is 4.08. The van der Waals surface area contributed by atoms with Gasteiger partial charge in [0.1, 0.15) is 11.5 Å². The van der Waals surface area contributed by atoms with Crippen LogP contribution in [0.2, 0.25) is 0 Å². The molecule has 12 heteroatoms. The lowest BCUT2D eigenvalue weighted by molar-refractivity contribution is 0.0720. The van der Waals surface area contributed by atoms with Crippen molar-refractivity contribution in [1.29, 1.82) is 0 Å². The van der Waals surface area contributed by atoms with Crippen molar-refractivity contribution >= 4 is 37.3 Å². The highest BCUT2D eigenvalue weighted by Gasteiger charge is 2.25. The number of carbonyl (C=O) groups excluding carboxylic acids is 1. The first-order valence-electron chi connectivity index (χ1n) is 11.9. The Bertz CT molecular complexity index is 1500. The van der Waals surface area contributed by atoms with Crippen LogP contribution in [0, 0.1) is 0 Å². The quantitative estimate of drug-likeness (QED) is 0.406. The van der Waals surface area contributed by atoms with E-state index in [1.165, 1.54) is 56.7 Å². The third-order valence-electron chi connectivity index (χ3n) is 6.11. The number of anilines is 2. The summed E-state index contributed by atoms with van der Waals surface area (Å²) in [5.74, 6) is 0.598. The van der Waals surface area contributed by atoms with Gasteiger partial charge in [-0.3, -0.25) is 14.2 Å². The van der Waals surface area contributed by atoms with Gasteiger partial charge in [-0.25, -0.2) is 16.8 Å². The monoisotopic (exact) mass is 559 g/mol. The molecule has 38 heavy (non-hydrogen) atoms. The Kier molecular flexibility index (Phi) is 8.12. The lowest BCUT2D eigenvalue weighted by atomic mass is 10.1. The number of benzene rings is 3. The number of piperidine rings is 1. The summed E-state index contributed by atoms with van der Waals surface area (Å²) in [6.45, 7) is 1.22. The topological polar surface area (TPSA) is 131 Å². The molecular weight excluding hydrogens is 530 g/mol. The van der Waals surface area contributed by atoms with Crippen molar-refractivity contribution in [3.8, 4) is 11.5 Å². The number of hydrogen-bond acceptors (Lipinski definition) is 7. The summed E-state index contributed by atoms with van der Waals surface area (Å²) in [6.07, 6.45) is 2.85. The van der Waals surface area contributed by atoms with Crippen molar-refractivity contribution in [2.75, 3.05) is 36.8 Å². The minimum Gasteiger partial charge on any atom is -0.497 e. The third kappa shape index (κ3) is 6.20. The van der Waals surface area contributed by atoms with E-state index in [1.807, 2.05) is 0 Å². The average molecular weight is 560 g/mol.